The Morgan fingerprint density at radius 3 is 1.16 bits per heavy atom. The van der Waals surface area contributed by atoms with Crippen molar-refractivity contribution in [1.82, 2.24) is 0 Å². The van der Waals surface area contributed by atoms with Crippen molar-refractivity contribution in [1.29, 1.82) is 0 Å². The first kappa shape index (κ1) is 26.8. The third kappa shape index (κ3) is 3.98. The number of halogens is 2. The topological polar surface area (TPSA) is 34.1 Å². The lowest BCUT2D eigenvalue weighted by Gasteiger charge is -2.31. The molecule has 0 saturated carbocycles. The maximum absolute atomic E-state index is 13.9. The van der Waals surface area contributed by atoms with Gasteiger partial charge in [0.2, 0.25) is 0 Å². The number of rotatable bonds is 4. The molecule has 0 radical (unpaired) electrons. The van der Waals surface area contributed by atoms with Crippen molar-refractivity contribution in [2.75, 3.05) is 0 Å². The van der Waals surface area contributed by atoms with Gasteiger partial charge in [0.15, 0.2) is 0 Å². The zero-order chi connectivity index (χ0) is 29.3. The molecule has 8 rings (SSSR count). The first-order chi connectivity index (χ1) is 21.0. The van der Waals surface area contributed by atoms with Gasteiger partial charge in [0, 0.05) is 29.6 Å². The van der Waals surface area contributed by atoms with Gasteiger partial charge in [-0.25, -0.2) is 8.42 Å². The monoisotopic (exact) mass is 632 g/mol. The molecule has 6 aromatic rings. The van der Waals surface area contributed by atoms with Crippen LogP contribution in [0.4, 0.5) is 0 Å². The van der Waals surface area contributed by atoms with E-state index in [0.29, 0.717) is 19.8 Å². The van der Waals surface area contributed by atoms with Gasteiger partial charge in [0.05, 0.1) is 27.0 Å². The summed E-state index contributed by atoms with van der Waals surface area (Å²) in [5, 5.41) is 1.21. The average molecular weight is 634 g/mol. The molecule has 0 aromatic heterocycles. The summed E-state index contributed by atoms with van der Waals surface area (Å²) in [6.45, 7) is 0. The zero-order valence-corrected chi connectivity index (χ0v) is 25.7. The van der Waals surface area contributed by atoms with Crippen molar-refractivity contribution in [3.63, 3.8) is 0 Å². The van der Waals surface area contributed by atoms with Crippen LogP contribution < -0.4 is 0 Å². The summed E-state index contributed by atoms with van der Waals surface area (Å²) in [4.78, 5) is 2.84. The number of fused-ring (bicyclic) bond motifs is 10. The maximum Gasteiger partial charge on any atom is 0.0849 e. The largest absolute Gasteiger partial charge is 0.249 e. The Morgan fingerprint density at radius 2 is 0.744 bits per heavy atom. The van der Waals surface area contributed by atoms with Gasteiger partial charge in [0.1, 0.15) is 0 Å². The van der Waals surface area contributed by atoms with E-state index in [4.69, 9.17) is 23.2 Å². The predicted octanol–water partition coefficient (Wildman–Crippen LogP) is 9.67. The van der Waals surface area contributed by atoms with Crippen LogP contribution in [0.15, 0.2) is 153 Å². The van der Waals surface area contributed by atoms with Gasteiger partial charge in [-0.1, -0.05) is 83.9 Å². The number of benzene rings is 6. The van der Waals surface area contributed by atoms with Crippen molar-refractivity contribution in [2.24, 2.45) is 0 Å². The Hall–Kier alpha value is -3.80. The molecule has 0 amide bonds. The van der Waals surface area contributed by atoms with E-state index in [9.17, 15) is 8.42 Å². The summed E-state index contributed by atoms with van der Waals surface area (Å²) in [6.07, 6.45) is 0. The minimum atomic E-state index is -1.40. The van der Waals surface area contributed by atoms with Crippen molar-refractivity contribution >= 4 is 44.8 Å². The molecule has 0 aliphatic heterocycles. The molecule has 2 aliphatic carbocycles. The fraction of sp³-hybridized carbons (Fsp3) is 0.0270. The Balaban J connectivity index is 1.39. The van der Waals surface area contributed by atoms with Crippen molar-refractivity contribution < 1.29 is 8.42 Å². The first-order valence-corrected chi connectivity index (χ1v) is 16.9. The molecular formula is C37H22Cl2O2S2. The van der Waals surface area contributed by atoms with Gasteiger partial charge in [0.25, 0.3) is 0 Å². The van der Waals surface area contributed by atoms with Crippen LogP contribution in [0.25, 0.3) is 22.3 Å². The Morgan fingerprint density at radius 1 is 0.395 bits per heavy atom. The van der Waals surface area contributed by atoms with E-state index >= 15 is 0 Å². The number of hydrogen-bond acceptors (Lipinski definition) is 2. The Labute approximate surface area is 264 Å². The highest BCUT2D eigenvalue weighted by Crippen LogP contribution is 2.63. The fourth-order valence-electron chi connectivity index (χ4n) is 6.72. The molecule has 0 fully saturated rings. The van der Waals surface area contributed by atoms with Gasteiger partial charge in [-0.15, -0.1) is 0 Å². The molecule has 43 heavy (non-hydrogen) atoms. The Bertz CT molecular complexity index is 1980. The molecule has 0 saturated heterocycles. The fourth-order valence-corrected chi connectivity index (χ4v) is 9.11. The van der Waals surface area contributed by atoms with E-state index in [2.05, 4.69) is 72.8 Å². The molecular weight excluding hydrogens is 611 g/mol. The van der Waals surface area contributed by atoms with Crippen molar-refractivity contribution in [3.05, 3.63) is 166 Å². The molecule has 2 nitrogen and oxygen atoms in total. The van der Waals surface area contributed by atoms with Crippen molar-refractivity contribution in [3.8, 4) is 22.3 Å². The van der Waals surface area contributed by atoms with E-state index < -0.39 is 27.0 Å². The molecule has 0 bridgehead atoms. The normalized spacial score (nSPS) is 14.9. The Kier molecular flexibility index (Phi) is 6.32. The van der Waals surface area contributed by atoms with Gasteiger partial charge >= 0.3 is 0 Å². The average Bonchev–Trinajstić information content (AvgIpc) is 3.51. The first-order valence-electron chi connectivity index (χ1n) is 13.8. The van der Waals surface area contributed by atoms with E-state index in [0.717, 1.165) is 32.0 Å². The van der Waals surface area contributed by atoms with Gasteiger partial charge in [-0.05, 0) is 117 Å². The second-order valence-corrected chi connectivity index (χ2v) is 14.5. The second-order valence-electron chi connectivity index (χ2n) is 10.7. The molecule has 208 valence electrons. The van der Waals surface area contributed by atoms with Crippen LogP contribution >= 0.6 is 23.2 Å². The molecule has 6 aromatic carbocycles. The highest BCUT2D eigenvalue weighted by atomic mass is 35.5. The van der Waals surface area contributed by atoms with Crippen LogP contribution in [-0.4, -0.2) is 8.42 Å². The summed E-state index contributed by atoms with van der Waals surface area (Å²) in [6, 6.07) is 43.7. The van der Waals surface area contributed by atoms with Gasteiger partial charge in [-0.3, -0.25) is 0 Å². The van der Waals surface area contributed by atoms with Crippen LogP contribution in [0.3, 0.4) is 0 Å². The third-order valence-corrected chi connectivity index (χ3v) is 11.8. The summed E-state index contributed by atoms with van der Waals surface area (Å²) in [7, 11) is -2.80. The van der Waals surface area contributed by atoms with Crippen molar-refractivity contribution in [2.45, 2.75) is 25.0 Å². The highest BCUT2D eigenvalue weighted by Gasteiger charge is 2.52. The van der Waals surface area contributed by atoms with E-state index in [1.54, 1.807) is 24.3 Å². The highest BCUT2D eigenvalue weighted by molar-refractivity contribution is 7.85. The molecule has 2 aliphatic rings. The predicted molar refractivity (Wildman–Crippen MR) is 175 cm³/mol. The maximum atomic E-state index is 13.9. The molecule has 0 heterocycles. The minimum Gasteiger partial charge on any atom is -0.249 e. The number of hydrogen-bond donors (Lipinski definition) is 0. The summed E-state index contributed by atoms with van der Waals surface area (Å²) in [5.41, 5.74) is 8.35. The second kappa shape index (κ2) is 10.1. The van der Waals surface area contributed by atoms with E-state index in [-0.39, 0.29) is 0 Å². The molecule has 0 N–H and O–H groups in total. The quantitative estimate of drug-likeness (QED) is 0.193. The van der Waals surface area contributed by atoms with Crippen LogP contribution in [-0.2, 0) is 27.0 Å². The zero-order valence-electron chi connectivity index (χ0n) is 22.6. The standard InChI is InChI=1S/C37H22Cl2O2S2/c38-23-9-13-25(14-10-23)42(40)27-17-19-31-32-20-18-28(43(41)26-15-11-24(39)12-16-26)22-36(32)37(35(31)21-27)33-7-3-1-5-29(33)30-6-2-4-8-34(30)37/h1-22H. The lowest BCUT2D eigenvalue weighted by Crippen LogP contribution is -2.26. The van der Waals surface area contributed by atoms with Crippen LogP contribution in [0.2, 0.25) is 10.0 Å². The van der Waals surface area contributed by atoms with Gasteiger partial charge < -0.3 is 0 Å². The summed E-state index contributed by atoms with van der Waals surface area (Å²) in [5.74, 6) is 0. The molecule has 2 atom stereocenters. The van der Waals surface area contributed by atoms with Crippen LogP contribution in [0.1, 0.15) is 22.3 Å². The smallest absolute Gasteiger partial charge is 0.0849 e. The SMILES string of the molecule is O=S(c1ccc(Cl)cc1)c1ccc2c(c1)C1(c3ccccc3-c3ccccc31)c1cc(S(=O)c3ccc(Cl)cc3)ccc1-2. The minimum absolute atomic E-state index is 0.607. The molecule has 2 unspecified atom stereocenters. The third-order valence-electron chi connectivity index (χ3n) is 8.52. The van der Waals surface area contributed by atoms with Crippen LogP contribution in [0.5, 0.6) is 0 Å². The van der Waals surface area contributed by atoms with Gasteiger partial charge in [-0.2, -0.15) is 0 Å². The van der Waals surface area contributed by atoms with E-state index in [1.807, 2.05) is 36.4 Å². The summed E-state index contributed by atoms with van der Waals surface area (Å²) >= 11 is 12.2. The molecule has 6 heteroatoms. The lowest BCUT2D eigenvalue weighted by atomic mass is 9.70. The summed E-state index contributed by atoms with van der Waals surface area (Å²) < 4.78 is 27.7. The molecule has 1 spiro atoms. The van der Waals surface area contributed by atoms with Crippen LogP contribution in [0, 0.1) is 0 Å². The van der Waals surface area contributed by atoms with E-state index in [1.165, 1.54) is 22.3 Å². The lowest BCUT2D eigenvalue weighted by molar-refractivity contribution is 0.682.